The lowest BCUT2D eigenvalue weighted by molar-refractivity contribution is -0.143. The molecule has 4 N–H and O–H groups in total. The fourth-order valence-corrected chi connectivity index (χ4v) is 12.1. The molecule has 0 aliphatic heterocycles. The van der Waals surface area contributed by atoms with Crippen LogP contribution < -0.4 is 11.1 Å². The zero-order chi connectivity index (χ0) is 53.3. The largest absolute Gasteiger partial charge is 0.421 e. The lowest BCUT2D eigenvalue weighted by atomic mass is 9.98. The van der Waals surface area contributed by atoms with Gasteiger partial charge in [-0.15, -0.1) is 0 Å². The Hall–Kier alpha value is -10.5. The second kappa shape index (κ2) is 19.2. The van der Waals surface area contributed by atoms with E-state index in [2.05, 4.69) is 256 Å². The van der Waals surface area contributed by atoms with Crippen LogP contribution in [0.5, 0.6) is 0 Å². The van der Waals surface area contributed by atoms with E-state index in [-0.39, 0.29) is 5.90 Å². The molecule has 3 heterocycles. The summed E-state index contributed by atoms with van der Waals surface area (Å²) < 4.78 is 13.2. The van der Waals surface area contributed by atoms with Crippen LogP contribution >= 0.6 is 0 Å². The van der Waals surface area contributed by atoms with Gasteiger partial charge in [-0.3, -0.25) is 5.73 Å². The third-order valence-electron chi connectivity index (χ3n) is 16.0. The van der Waals surface area contributed by atoms with Crippen molar-refractivity contribution >= 4 is 71.3 Å². The summed E-state index contributed by atoms with van der Waals surface area (Å²) in [5, 5.41) is 13.5. The Morgan fingerprint density at radius 3 is 0.963 bits per heavy atom. The molecule has 0 saturated heterocycles. The summed E-state index contributed by atoms with van der Waals surface area (Å²) in [5.41, 5.74) is 27.7. The molecule has 12 aromatic carbocycles. The highest BCUT2D eigenvalue weighted by Gasteiger charge is 2.21. The summed E-state index contributed by atoms with van der Waals surface area (Å²) in [6, 6.07) is 102. The molecule has 6 heteroatoms. The van der Waals surface area contributed by atoms with E-state index in [1.54, 1.807) is 0 Å². The molecule has 6 nitrogen and oxygen atoms in total. The molecule has 1 atom stereocenters. The molecule has 0 spiro atoms. The standard InChI is InChI=1S/C74H51N5O/c75-73(51-22-12-4-13-23-51)80-74(76)52-26-33-59(34-27-52)78-67-36-28-53(48-16-6-1-7-17-48)42-61(67)63-45-56(31-39-68(63)78)57-32-40-71-64(46-57)62-43-54(49-18-8-2-9-19-49)30-38-70(62)79(71)60-35-41-72-66(47-60)65-44-55(50-20-10-3-11-21-50)29-37-69(65)77(72)58-24-14-5-15-25-58/h1-47,74-75H,76H2/p+1. The molecule has 15 aromatic rings. The van der Waals surface area contributed by atoms with Crippen molar-refractivity contribution in [1.29, 1.82) is 0 Å². The molecule has 0 aliphatic carbocycles. The van der Waals surface area contributed by atoms with Crippen molar-refractivity contribution in [2.45, 2.75) is 6.23 Å². The summed E-state index contributed by atoms with van der Waals surface area (Å²) in [7, 11) is 0. The maximum atomic E-state index is 6.60. The average molecular weight is 1030 g/mol. The Balaban J connectivity index is 0.886. The Labute approximate surface area is 462 Å². The van der Waals surface area contributed by atoms with Crippen molar-refractivity contribution in [2.75, 3.05) is 0 Å². The Bertz CT molecular complexity index is 4850. The van der Waals surface area contributed by atoms with Gasteiger partial charge in [0.2, 0.25) is 0 Å². The lowest BCUT2D eigenvalue weighted by Crippen LogP contribution is -2.43. The molecular formula is C74H52N5O+. The smallest absolute Gasteiger partial charge is 0.368 e. The van der Waals surface area contributed by atoms with Crippen LogP contribution in [-0.2, 0) is 4.74 Å². The quantitative estimate of drug-likeness (QED) is 0.0813. The molecule has 0 aliphatic rings. The van der Waals surface area contributed by atoms with Gasteiger partial charge in [0.15, 0.2) is 6.23 Å². The first kappa shape index (κ1) is 46.7. The first-order valence-corrected chi connectivity index (χ1v) is 27.2. The van der Waals surface area contributed by atoms with E-state index in [1.165, 1.54) is 60.3 Å². The van der Waals surface area contributed by atoms with Gasteiger partial charge < -0.3 is 18.4 Å². The fraction of sp³-hybridized carbons (Fsp3) is 0.0135. The predicted molar refractivity (Wildman–Crippen MR) is 332 cm³/mol. The second-order valence-corrected chi connectivity index (χ2v) is 20.7. The monoisotopic (exact) mass is 1030 g/mol. The molecule has 0 fully saturated rings. The molecular weight excluding hydrogens is 975 g/mol. The number of aromatic nitrogens is 3. The topological polar surface area (TPSA) is 75.6 Å². The van der Waals surface area contributed by atoms with Crippen LogP contribution in [0.4, 0.5) is 0 Å². The van der Waals surface area contributed by atoms with Gasteiger partial charge in [-0.25, -0.2) is 5.41 Å². The fourth-order valence-electron chi connectivity index (χ4n) is 12.1. The number of hydrogen-bond acceptors (Lipinski definition) is 2. The number of nitrogens with zero attached hydrogens (tertiary/aromatic N) is 3. The molecule has 0 amide bonds. The van der Waals surface area contributed by atoms with E-state index in [9.17, 15) is 0 Å². The van der Waals surface area contributed by atoms with Crippen LogP contribution in [0.3, 0.4) is 0 Å². The first-order valence-electron chi connectivity index (χ1n) is 27.2. The van der Waals surface area contributed by atoms with Crippen LogP contribution in [0, 0.1) is 0 Å². The Morgan fingerprint density at radius 1 is 0.287 bits per heavy atom. The van der Waals surface area contributed by atoms with E-state index in [0.29, 0.717) is 0 Å². The van der Waals surface area contributed by atoms with E-state index in [1.807, 2.05) is 42.5 Å². The number of rotatable bonds is 10. The minimum absolute atomic E-state index is 0.288. The third-order valence-corrected chi connectivity index (χ3v) is 16.0. The van der Waals surface area contributed by atoms with Gasteiger partial charge in [-0.2, -0.15) is 0 Å². The summed E-state index contributed by atoms with van der Waals surface area (Å²) in [5.74, 6) is 0.288. The number of benzene rings is 12. The van der Waals surface area contributed by atoms with E-state index < -0.39 is 6.23 Å². The SMILES string of the molecule is NC(OC(=[NH2+])c1ccccc1)c1ccc(-n2c3ccc(-c4ccccc4)cc3c3cc(-c4ccc5c(c4)c4cc(-c6ccccc6)ccc4n5-c4ccc5c(c4)c4cc(-c6ccccc6)ccc4n5-c4ccccc4)ccc32)cc1. The van der Waals surface area contributed by atoms with Crippen molar-refractivity contribution < 1.29 is 10.1 Å². The van der Waals surface area contributed by atoms with E-state index in [0.717, 1.165) is 77.8 Å². The van der Waals surface area contributed by atoms with Crippen LogP contribution in [0.2, 0.25) is 0 Å². The lowest BCUT2D eigenvalue weighted by Gasteiger charge is -2.14. The van der Waals surface area contributed by atoms with Crippen molar-refractivity contribution in [1.82, 2.24) is 13.7 Å². The molecule has 0 bridgehead atoms. The summed E-state index contributed by atoms with van der Waals surface area (Å²) in [4.78, 5) is 0. The highest BCUT2D eigenvalue weighted by atomic mass is 16.5. The number of ether oxygens (including phenoxy) is 1. The average Bonchev–Trinajstić information content (AvgIpc) is 4.25. The van der Waals surface area contributed by atoms with Gasteiger partial charge >= 0.3 is 5.90 Å². The highest BCUT2D eigenvalue weighted by Crippen LogP contribution is 2.43. The number of hydrogen-bond donors (Lipinski definition) is 2. The van der Waals surface area contributed by atoms with E-state index in [4.69, 9.17) is 15.9 Å². The molecule has 1 unspecified atom stereocenters. The highest BCUT2D eigenvalue weighted by molar-refractivity contribution is 6.15. The van der Waals surface area contributed by atoms with E-state index >= 15 is 0 Å². The van der Waals surface area contributed by atoms with Crippen LogP contribution in [0.25, 0.3) is 127 Å². The zero-order valence-corrected chi connectivity index (χ0v) is 43.6. The zero-order valence-electron chi connectivity index (χ0n) is 43.6. The Morgan fingerprint density at radius 2 is 0.575 bits per heavy atom. The normalized spacial score (nSPS) is 12.1. The summed E-state index contributed by atoms with van der Waals surface area (Å²) >= 11 is 0. The predicted octanol–water partition coefficient (Wildman–Crippen LogP) is 16.8. The van der Waals surface area contributed by atoms with Gasteiger partial charge in [0, 0.05) is 54.9 Å². The maximum absolute atomic E-state index is 6.60. The molecule has 80 heavy (non-hydrogen) atoms. The van der Waals surface area contributed by atoms with Crippen molar-refractivity contribution in [2.24, 2.45) is 5.73 Å². The maximum Gasteiger partial charge on any atom is 0.368 e. The minimum Gasteiger partial charge on any atom is -0.421 e. The van der Waals surface area contributed by atoms with Gasteiger partial charge in [-0.1, -0.05) is 170 Å². The summed E-state index contributed by atoms with van der Waals surface area (Å²) in [6.45, 7) is 0. The molecule has 15 rings (SSSR count). The molecule has 0 radical (unpaired) electrons. The van der Waals surface area contributed by atoms with Crippen LogP contribution in [0.15, 0.2) is 285 Å². The third kappa shape index (κ3) is 7.96. The van der Waals surface area contributed by atoms with Gasteiger partial charge in [0.25, 0.3) is 0 Å². The van der Waals surface area contributed by atoms with Crippen molar-refractivity contribution in [3.63, 3.8) is 0 Å². The van der Waals surface area contributed by atoms with Crippen molar-refractivity contribution in [3.8, 4) is 61.6 Å². The Kier molecular flexibility index (Phi) is 11.2. The summed E-state index contributed by atoms with van der Waals surface area (Å²) in [6.07, 6.45) is -0.736. The van der Waals surface area contributed by atoms with Gasteiger partial charge in [0.1, 0.15) is 0 Å². The number of fused-ring (bicyclic) bond motifs is 9. The second-order valence-electron chi connectivity index (χ2n) is 20.7. The molecule has 378 valence electrons. The van der Waals surface area contributed by atoms with Crippen molar-refractivity contribution in [3.05, 3.63) is 296 Å². The van der Waals surface area contributed by atoms with Gasteiger partial charge in [-0.05, 0) is 160 Å². The first-order chi connectivity index (χ1) is 39.5. The van der Waals surface area contributed by atoms with Crippen LogP contribution in [-0.4, -0.2) is 19.6 Å². The molecule has 3 aromatic heterocycles. The number of nitrogens with two attached hydrogens (primary N) is 2. The number of para-hydroxylation sites is 1. The minimum atomic E-state index is -0.736. The van der Waals surface area contributed by atoms with Crippen LogP contribution in [0.1, 0.15) is 17.4 Å². The molecule has 0 saturated carbocycles. The van der Waals surface area contributed by atoms with Gasteiger partial charge in [0.05, 0.1) is 38.7 Å².